The summed E-state index contributed by atoms with van der Waals surface area (Å²) in [5.74, 6) is -0.283. The number of ether oxygens (including phenoxy) is 1. The first kappa shape index (κ1) is 12.5. The molecule has 1 aromatic carbocycles. The lowest BCUT2D eigenvalue weighted by molar-refractivity contribution is 0.146. The quantitative estimate of drug-likeness (QED) is 0.914. The molecule has 2 aromatic rings. The normalized spacial score (nSPS) is 11.0. The van der Waals surface area contributed by atoms with Gasteiger partial charge in [-0.05, 0) is 18.2 Å². The van der Waals surface area contributed by atoms with E-state index >= 15 is 0 Å². The van der Waals surface area contributed by atoms with Crippen molar-refractivity contribution in [2.75, 3.05) is 19.5 Å². The summed E-state index contributed by atoms with van der Waals surface area (Å²) in [5, 5.41) is 3.10. The molecule has 0 spiro atoms. The number of alkyl halides is 2. The van der Waals surface area contributed by atoms with E-state index in [1.807, 2.05) is 0 Å². The molecule has 0 unspecified atom stereocenters. The van der Waals surface area contributed by atoms with Crippen LogP contribution >= 0.6 is 0 Å². The van der Waals surface area contributed by atoms with Crippen LogP contribution in [0.3, 0.4) is 0 Å². The molecular formula is C12H11F3N2O. The van der Waals surface area contributed by atoms with Crippen LogP contribution in [0.25, 0.3) is 10.9 Å². The Morgan fingerprint density at radius 1 is 1.33 bits per heavy atom. The zero-order valence-corrected chi connectivity index (χ0v) is 9.80. The molecule has 0 aliphatic heterocycles. The average molecular weight is 256 g/mol. The van der Waals surface area contributed by atoms with Crippen molar-refractivity contribution < 1.29 is 17.9 Å². The predicted molar refractivity (Wildman–Crippen MR) is 62.8 cm³/mol. The largest absolute Gasteiger partial charge is 0.496 e. The van der Waals surface area contributed by atoms with Gasteiger partial charge >= 0.3 is 0 Å². The molecule has 1 heterocycles. The van der Waals surface area contributed by atoms with Crippen LogP contribution in [0.5, 0.6) is 5.75 Å². The monoisotopic (exact) mass is 256 g/mol. The van der Waals surface area contributed by atoms with Gasteiger partial charge in [-0.25, -0.2) is 18.2 Å². The molecule has 0 saturated heterocycles. The summed E-state index contributed by atoms with van der Waals surface area (Å²) in [5.41, 5.74) is -0.248. The lowest BCUT2D eigenvalue weighted by Crippen LogP contribution is -2.00. The first-order valence-electron chi connectivity index (χ1n) is 5.21. The summed E-state index contributed by atoms with van der Waals surface area (Å²) >= 11 is 0. The van der Waals surface area contributed by atoms with Crippen molar-refractivity contribution in [3.63, 3.8) is 0 Å². The number of hydrogen-bond donors (Lipinski definition) is 1. The maximum Gasteiger partial charge on any atom is 0.280 e. The van der Waals surface area contributed by atoms with E-state index in [9.17, 15) is 13.2 Å². The number of methoxy groups -OCH3 is 1. The molecule has 6 heteroatoms. The SMILES string of the molecule is CNc1cc(C(F)F)nc2c(F)ccc(OC)c12. The number of nitrogens with zero attached hydrogens (tertiary/aromatic N) is 1. The molecule has 3 nitrogen and oxygen atoms in total. The molecule has 0 saturated carbocycles. The highest BCUT2D eigenvalue weighted by Crippen LogP contribution is 2.35. The number of pyridine rings is 1. The predicted octanol–water partition coefficient (Wildman–Crippen LogP) is 3.36. The smallest absolute Gasteiger partial charge is 0.280 e. The van der Waals surface area contributed by atoms with Crippen LogP contribution in [0.1, 0.15) is 12.1 Å². The first-order valence-corrected chi connectivity index (χ1v) is 5.21. The molecule has 18 heavy (non-hydrogen) atoms. The molecule has 2 rings (SSSR count). The number of halogens is 3. The Kier molecular flexibility index (Phi) is 3.27. The molecule has 0 aliphatic rings. The van der Waals surface area contributed by atoms with Gasteiger partial charge in [0.2, 0.25) is 0 Å². The fourth-order valence-electron chi connectivity index (χ4n) is 1.78. The second-order valence-electron chi connectivity index (χ2n) is 3.62. The van der Waals surface area contributed by atoms with E-state index in [1.54, 1.807) is 7.05 Å². The Morgan fingerprint density at radius 2 is 2.06 bits per heavy atom. The Balaban J connectivity index is 2.86. The summed E-state index contributed by atoms with van der Waals surface area (Å²) in [7, 11) is 2.99. The van der Waals surface area contributed by atoms with Crippen LogP contribution in [0.2, 0.25) is 0 Å². The molecule has 0 amide bonds. The fourth-order valence-corrected chi connectivity index (χ4v) is 1.78. The van der Waals surface area contributed by atoms with Crippen molar-refractivity contribution >= 4 is 16.6 Å². The lowest BCUT2D eigenvalue weighted by atomic mass is 10.1. The second kappa shape index (κ2) is 4.72. The molecular weight excluding hydrogens is 245 g/mol. The maximum atomic E-state index is 13.7. The number of fused-ring (bicyclic) bond motifs is 1. The van der Waals surface area contributed by atoms with Gasteiger partial charge in [-0.3, -0.25) is 0 Å². The molecule has 0 atom stereocenters. The van der Waals surface area contributed by atoms with Crippen LogP contribution < -0.4 is 10.1 Å². The van der Waals surface area contributed by atoms with E-state index in [1.165, 1.54) is 19.2 Å². The molecule has 0 bridgehead atoms. The van der Waals surface area contributed by atoms with Gasteiger partial charge in [0, 0.05) is 12.7 Å². The van der Waals surface area contributed by atoms with Crippen LogP contribution in [-0.4, -0.2) is 19.1 Å². The van der Waals surface area contributed by atoms with Crippen molar-refractivity contribution in [2.45, 2.75) is 6.43 Å². The van der Waals surface area contributed by atoms with E-state index in [4.69, 9.17) is 4.74 Å². The van der Waals surface area contributed by atoms with Gasteiger partial charge in [-0.1, -0.05) is 0 Å². The number of nitrogens with one attached hydrogen (secondary N) is 1. The Bertz CT molecular complexity index is 587. The lowest BCUT2D eigenvalue weighted by Gasteiger charge is -2.12. The van der Waals surface area contributed by atoms with Gasteiger partial charge in [0.25, 0.3) is 6.43 Å². The highest BCUT2D eigenvalue weighted by molar-refractivity contribution is 5.97. The maximum absolute atomic E-state index is 13.7. The minimum absolute atomic E-state index is 0.128. The molecule has 0 aliphatic carbocycles. The van der Waals surface area contributed by atoms with Gasteiger partial charge < -0.3 is 10.1 Å². The van der Waals surface area contributed by atoms with Gasteiger partial charge in [-0.2, -0.15) is 0 Å². The summed E-state index contributed by atoms with van der Waals surface area (Å²) in [6.45, 7) is 0. The van der Waals surface area contributed by atoms with Crippen molar-refractivity contribution in [3.05, 3.63) is 29.7 Å². The standard InChI is InChI=1S/C12H11F3N2O/c1-16-7-5-8(12(14)15)17-11-6(13)3-4-9(18-2)10(7)11/h3-5,12H,1-2H3,(H,16,17). The second-order valence-corrected chi connectivity index (χ2v) is 3.62. The number of anilines is 1. The molecule has 0 fully saturated rings. The summed E-state index contributed by atoms with van der Waals surface area (Å²) in [4.78, 5) is 3.65. The van der Waals surface area contributed by atoms with Crippen molar-refractivity contribution in [1.29, 1.82) is 0 Å². The zero-order chi connectivity index (χ0) is 13.3. The van der Waals surface area contributed by atoms with E-state index < -0.39 is 17.9 Å². The Labute approximate surface area is 102 Å². The third-order valence-corrected chi connectivity index (χ3v) is 2.61. The van der Waals surface area contributed by atoms with Crippen LogP contribution in [0, 0.1) is 5.82 Å². The number of benzene rings is 1. The minimum Gasteiger partial charge on any atom is -0.496 e. The molecule has 0 radical (unpaired) electrons. The van der Waals surface area contributed by atoms with Crippen LogP contribution in [0.15, 0.2) is 18.2 Å². The minimum atomic E-state index is -2.76. The summed E-state index contributed by atoms with van der Waals surface area (Å²) in [6, 6.07) is 3.76. The van der Waals surface area contributed by atoms with Gasteiger partial charge in [0.05, 0.1) is 12.5 Å². The molecule has 1 aromatic heterocycles. The van der Waals surface area contributed by atoms with Gasteiger partial charge in [-0.15, -0.1) is 0 Å². The highest BCUT2D eigenvalue weighted by atomic mass is 19.3. The third kappa shape index (κ3) is 1.94. The molecule has 1 N–H and O–H groups in total. The van der Waals surface area contributed by atoms with E-state index in [0.717, 1.165) is 6.07 Å². The van der Waals surface area contributed by atoms with Gasteiger partial charge in [0.15, 0.2) is 0 Å². The van der Waals surface area contributed by atoms with E-state index in [0.29, 0.717) is 16.8 Å². The number of rotatable bonds is 3. The number of hydrogen-bond acceptors (Lipinski definition) is 3. The molecule has 96 valence electrons. The summed E-state index contributed by atoms with van der Waals surface area (Å²) in [6.07, 6.45) is -2.76. The first-order chi connectivity index (χ1) is 8.58. The average Bonchev–Trinajstić information content (AvgIpc) is 2.38. The van der Waals surface area contributed by atoms with E-state index in [2.05, 4.69) is 10.3 Å². The fraction of sp³-hybridized carbons (Fsp3) is 0.250. The topological polar surface area (TPSA) is 34.2 Å². The Morgan fingerprint density at radius 3 is 2.61 bits per heavy atom. The third-order valence-electron chi connectivity index (χ3n) is 2.61. The highest BCUT2D eigenvalue weighted by Gasteiger charge is 2.17. The van der Waals surface area contributed by atoms with Crippen molar-refractivity contribution in [3.8, 4) is 5.75 Å². The Hall–Kier alpha value is -1.98. The van der Waals surface area contributed by atoms with Crippen molar-refractivity contribution in [2.24, 2.45) is 0 Å². The van der Waals surface area contributed by atoms with Crippen LogP contribution in [0.4, 0.5) is 18.9 Å². The number of aromatic nitrogens is 1. The van der Waals surface area contributed by atoms with Crippen LogP contribution in [-0.2, 0) is 0 Å². The zero-order valence-electron chi connectivity index (χ0n) is 9.80. The summed E-state index contributed by atoms with van der Waals surface area (Å²) < 4.78 is 44.1. The van der Waals surface area contributed by atoms with Gasteiger partial charge in [0.1, 0.15) is 22.8 Å². The van der Waals surface area contributed by atoms with Crippen molar-refractivity contribution in [1.82, 2.24) is 4.98 Å². The van der Waals surface area contributed by atoms with E-state index in [-0.39, 0.29) is 5.52 Å².